The predicted octanol–water partition coefficient (Wildman–Crippen LogP) is 4.43. The topological polar surface area (TPSA) is 91.2 Å². The van der Waals surface area contributed by atoms with Crippen molar-refractivity contribution in [3.05, 3.63) is 95.1 Å². The molecule has 0 spiro atoms. The summed E-state index contributed by atoms with van der Waals surface area (Å²) in [5.41, 5.74) is 6.28. The average molecular weight is 500 g/mol. The van der Waals surface area contributed by atoms with Gasteiger partial charge in [0, 0.05) is 31.0 Å². The number of carbonyl (C=O) groups is 2. The lowest BCUT2D eigenvalue weighted by atomic mass is 9.96. The monoisotopic (exact) mass is 499 g/mol. The molecular formula is C30H33N3O4. The molecule has 1 unspecified atom stereocenters. The normalized spacial score (nSPS) is 17.0. The predicted molar refractivity (Wildman–Crippen MR) is 144 cm³/mol. The van der Waals surface area contributed by atoms with Crippen LogP contribution in [0.3, 0.4) is 0 Å². The lowest BCUT2D eigenvalue weighted by Crippen LogP contribution is -2.40. The number of carbonyl (C=O) groups excluding carboxylic acids is 2. The fourth-order valence-corrected chi connectivity index (χ4v) is 4.80. The Morgan fingerprint density at radius 3 is 2.49 bits per heavy atom. The number of nitrogens with one attached hydrogen (secondary N) is 1. The molecule has 3 aromatic rings. The van der Waals surface area contributed by atoms with Gasteiger partial charge in [-0.25, -0.2) is 0 Å². The van der Waals surface area contributed by atoms with Crippen molar-refractivity contribution < 1.29 is 19.5 Å². The molecule has 2 N–H and O–H groups in total. The van der Waals surface area contributed by atoms with Crippen molar-refractivity contribution in [2.24, 2.45) is 5.16 Å². The van der Waals surface area contributed by atoms with Crippen LogP contribution in [-0.4, -0.2) is 53.8 Å². The Hall–Kier alpha value is -3.97. The molecule has 0 bridgehead atoms. The van der Waals surface area contributed by atoms with Crippen LogP contribution in [0.2, 0.25) is 0 Å². The average Bonchev–Trinajstić information content (AvgIpc) is 3.29. The summed E-state index contributed by atoms with van der Waals surface area (Å²) in [6, 6.07) is 22.8. The van der Waals surface area contributed by atoms with Crippen molar-refractivity contribution in [3.8, 4) is 11.1 Å². The standard InChI is InChI=1S/C30H33N3O4/c1-20-9-7-8-12-26(20)23-13-14-27(21(2)15-23)30(36)33-19-24(32-37-3)16-25(33)17-29(35)31-18-28(34)22-10-5-4-6-11-22/h4-15,25,28,34H,16-19H2,1-3H3,(H,31,35)/t25-,28?/m0/s1. The van der Waals surface area contributed by atoms with Gasteiger partial charge in [0.15, 0.2) is 0 Å². The first-order valence-corrected chi connectivity index (χ1v) is 12.4. The molecule has 2 atom stereocenters. The maximum absolute atomic E-state index is 13.6. The molecule has 37 heavy (non-hydrogen) atoms. The molecule has 0 aromatic heterocycles. The highest BCUT2D eigenvalue weighted by Crippen LogP contribution is 2.28. The minimum atomic E-state index is -0.800. The Labute approximate surface area is 217 Å². The molecule has 1 saturated heterocycles. The summed E-state index contributed by atoms with van der Waals surface area (Å²) in [6.45, 7) is 4.40. The highest BCUT2D eigenvalue weighted by Gasteiger charge is 2.35. The van der Waals surface area contributed by atoms with E-state index in [1.807, 2.05) is 67.6 Å². The summed E-state index contributed by atoms with van der Waals surface area (Å²) >= 11 is 0. The van der Waals surface area contributed by atoms with Crippen LogP contribution in [0.15, 0.2) is 78.0 Å². The van der Waals surface area contributed by atoms with E-state index in [0.29, 0.717) is 24.2 Å². The van der Waals surface area contributed by atoms with Crippen LogP contribution in [-0.2, 0) is 9.63 Å². The lowest BCUT2D eigenvalue weighted by Gasteiger charge is -2.25. The van der Waals surface area contributed by atoms with Crippen LogP contribution in [0, 0.1) is 13.8 Å². The minimum Gasteiger partial charge on any atom is -0.399 e. The van der Waals surface area contributed by atoms with Crippen molar-refractivity contribution in [2.45, 2.75) is 38.8 Å². The van der Waals surface area contributed by atoms with Gasteiger partial charge in [0.25, 0.3) is 5.91 Å². The number of hydrogen-bond donors (Lipinski definition) is 2. The number of aliphatic hydroxyl groups excluding tert-OH is 1. The molecule has 0 saturated carbocycles. The Morgan fingerprint density at radius 1 is 1.05 bits per heavy atom. The van der Waals surface area contributed by atoms with Crippen molar-refractivity contribution >= 4 is 17.5 Å². The zero-order valence-corrected chi connectivity index (χ0v) is 21.5. The summed E-state index contributed by atoms with van der Waals surface area (Å²) in [7, 11) is 1.47. The number of hydrogen-bond acceptors (Lipinski definition) is 5. The second-order valence-corrected chi connectivity index (χ2v) is 9.41. The first-order valence-electron chi connectivity index (χ1n) is 12.4. The Balaban J connectivity index is 1.47. The molecule has 0 aliphatic carbocycles. The summed E-state index contributed by atoms with van der Waals surface area (Å²) in [5, 5.41) is 17.2. The SMILES string of the molecule is CON=C1C[C@@H](CC(=O)NCC(O)c2ccccc2)N(C(=O)c2ccc(-c3ccccc3C)cc2C)C1. The highest BCUT2D eigenvalue weighted by molar-refractivity contribution is 6.02. The maximum atomic E-state index is 13.6. The third-order valence-corrected chi connectivity index (χ3v) is 6.76. The van der Waals surface area contributed by atoms with Gasteiger partial charge in [0.05, 0.1) is 18.4 Å². The van der Waals surface area contributed by atoms with E-state index in [1.54, 1.807) is 4.90 Å². The third kappa shape index (κ3) is 6.24. The number of rotatable bonds is 8. The number of nitrogens with zero attached hydrogens (tertiary/aromatic N) is 2. The van der Waals surface area contributed by atoms with Crippen LogP contribution < -0.4 is 5.32 Å². The molecule has 1 fully saturated rings. The molecule has 1 heterocycles. The second kappa shape index (κ2) is 11.8. The van der Waals surface area contributed by atoms with E-state index < -0.39 is 6.10 Å². The van der Waals surface area contributed by atoms with Crippen molar-refractivity contribution in [1.82, 2.24) is 10.2 Å². The number of oxime groups is 1. The van der Waals surface area contributed by atoms with Crippen LogP contribution in [0.1, 0.15) is 46.0 Å². The molecule has 192 valence electrons. The molecular weight excluding hydrogens is 466 g/mol. The highest BCUT2D eigenvalue weighted by atomic mass is 16.6. The number of likely N-dealkylation sites (tertiary alicyclic amines) is 1. The van der Waals surface area contributed by atoms with E-state index in [4.69, 9.17) is 4.84 Å². The molecule has 1 aliphatic heterocycles. The van der Waals surface area contributed by atoms with Crippen LogP contribution in [0.4, 0.5) is 0 Å². The van der Waals surface area contributed by atoms with Crippen molar-refractivity contribution in [2.75, 3.05) is 20.2 Å². The van der Waals surface area contributed by atoms with E-state index in [1.165, 1.54) is 12.7 Å². The Kier molecular flexibility index (Phi) is 8.36. The number of benzene rings is 3. The first kappa shape index (κ1) is 26.1. The molecule has 7 nitrogen and oxygen atoms in total. The third-order valence-electron chi connectivity index (χ3n) is 6.76. The Bertz CT molecular complexity index is 1290. The lowest BCUT2D eigenvalue weighted by molar-refractivity contribution is -0.122. The fraction of sp³-hybridized carbons (Fsp3) is 0.300. The van der Waals surface area contributed by atoms with Gasteiger partial charge in [-0.15, -0.1) is 0 Å². The number of aliphatic hydroxyl groups is 1. The summed E-state index contributed by atoms with van der Waals surface area (Å²) in [5.74, 6) is -0.375. The molecule has 2 amide bonds. The van der Waals surface area contributed by atoms with Gasteiger partial charge in [-0.05, 0) is 47.7 Å². The smallest absolute Gasteiger partial charge is 0.254 e. The molecule has 3 aromatic carbocycles. The van der Waals surface area contributed by atoms with Gasteiger partial charge in [-0.2, -0.15) is 0 Å². The second-order valence-electron chi connectivity index (χ2n) is 9.41. The van der Waals surface area contributed by atoms with E-state index in [2.05, 4.69) is 29.5 Å². The molecule has 7 heteroatoms. The number of aryl methyl sites for hydroxylation is 2. The van der Waals surface area contributed by atoms with Gasteiger partial charge in [0.1, 0.15) is 7.11 Å². The first-order chi connectivity index (χ1) is 17.9. The zero-order chi connectivity index (χ0) is 26.4. The van der Waals surface area contributed by atoms with Crippen LogP contribution in [0.25, 0.3) is 11.1 Å². The van der Waals surface area contributed by atoms with Gasteiger partial charge in [-0.3, -0.25) is 9.59 Å². The number of amides is 2. The van der Waals surface area contributed by atoms with Gasteiger partial charge in [0.2, 0.25) is 5.91 Å². The molecule has 0 radical (unpaired) electrons. The largest absolute Gasteiger partial charge is 0.399 e. The summed E-state index contributed by atoms with van der Waals surface area (Å²) in [4.78, 5) is 33.1. The summed E-state index contributed by atoms with van der Waals surface area (Å²) in [6.07, 6.45) is -0.239. The quantitative estimate of drug-likeness (QED) is 0.449. The van der Waals surface area contributed by atoms with Gasteiger partial charge in [-0.1, -0.05) is 71.9 Å². The van der Waals surface area contributed by atoms with Crippen molar-refractivity contribution in [1.29, 1.82) is 0 Å². The van der Waals surface area contributed by atoms with E-state index in [-0.39, 0.29) is 30.8 Å². The molecule has 4 rings (SSSR count). The van der Waals surface area contributed by atoms with Crippen molar-refractivity contribution in [3.63, 3.8) is 0 Å². The maximum Gasteiger partial charge on any atom is 0.254 e. The van der Waals surface area contributed by atoms with E-state index in [0.717, 1.165) is 22.3 Å². The van der Waals surface area contributed by atoms with E-state index in [9.17, 15) is 14.7 Å². The van der Waals surface area contributed by atoms with Crippen LogP contribution >= 0.6 is 0 Å². The van der Waals surface area contributed by atoms with Crippen LogP contribution in [0.5, 0.6) is 0 Å². The van der Waals surface area contributed by atoms with Gasteiger partial charge < -0.3 is 20.2 Å². The fourth-order valence-electron chi connectivity index (χ4n) is 4.80. The van der Waals surface area contributed by atoms with Gasteiger partial charge >= 0.3 is 0 Å². The van der Waals surface area contributed by atoms with E-state index >= 15 is 0 Å². The minimum absolute atomic E-state index is 0.0992. The summed E-state index contributed by atoms with van der Waals surface area (Å²) < 4.78 is 0. The molecule has 1 aliphatic rings. The zero-order valence-electron chi connectivity index (χ0n) is 21.5. The Morgan fingerprint density at radius 2 is 1.78 bits per heavy atom.